The Bertz CT molecular complexity index is 1040. The van der Waals surface area contributed by atoms with Crippen LogP contribution < -0.4 is 11.2 Å². The van der Waals surface area contributed by atoms with Crippen LogP contribution in [0.25, 0.3) is 10.9 Å². The summed E-state index contributed by atoms with van der Waals surface area (Å²) in [6, 6.07) is 10.5. The molecule has 0 unspecified atom stereocenters. The Labute approximate surface area is 152 Å². The lowest BCUT2D eigenvalue weighted by atomic mass is 10.2. The molecule has 1 aromatic carbocycles. The molecule has 3 aromatic rings. The van der Waals surface area contributed by atoms with Gasteiger partial charge in [-0.1, -0.05) is 23.7 Å². The van der Waals surface area contributed by atoms with E-state index in [-0.39, 0.29) is 18.9 Å². The van der Waals surface area contributed by atoms with Crippen molar-refractivity contribution in [2.45, 2.75) is 19.5 Å². The number of carbonyl (C=O) groups is 1. The second-order valence-electron chi connectivity index (χ2n) is 5.63. The standard InChI is InChI=1S/C17H16ClN3O3S/c1-20(10-11-6-7-14(18)25-11)15(22)8-9-21-13-5-3-2-4-12(13)16(23)19-17(21)24/h2-7H,8-10H2,1H3,(H,19,23,24). The molecule has 0 aliphatic carbocycles. The Morgan fingerprint density at radius 1 is 1.24 bits per heavy atom. The zero-order chi connectivity index (χ0) is 18.0. The van der Waals surface area contributed by atoms with E-state index in [1.807, 2.05) is 6.07 Å². The number of hydrogen-bond acceptors (Lipinski definition) is 4. The number of nitrogens with one attached hydrogen (secondary N) is 1. The molecule has 0 bridgehead atoms. The fourth-order valence-electron chi connectivity index (χ4n) is 2.62. The van der Waals surface area contributed by atoms with Crippen molar-refractivity contribution < 1.29 is 4.79 Å². The zero-order valence-corrected chi connectivity index (χ0v) is 15.1. The van der Waals surface area contributed by atoms with Crippen molar-refractivity contribution >= 4 is 39.7 Å². The van der Waals surface area contributed by atoms with Gasteiger partial charge in [0, 0.05) is 24.9 Å². The minimum atomic E-state index is -0.510. The number of fused-ring (bicyclic) bond motifs is 1. The number of aryl methyl sites for hydroxylation is 1. The monoisotopic (exact) mass is 377 g/mol. The van der Waals surface area contributed by atoms with Crippen LogP contribution in [0.2, 0.25) is 4.34 Å². The minimum Gasteiger partial charge on any atom is -0.341 e. The van der Waals surface area contributed by atoms with Gasteiger partial charge in [0.05, 0.1) is 21.8 Å². The number of carbonyl (C=O) groups excluding carboxylic acids is 1. The molecule has 6 nitrogen and oxygen atoms in total. The summed E-state index contributed by atoms with van der Waals surface area (Å²) in [6.07, 6.45) is 0.158. The molecule has 25 heavy (non-hydrogen) atoms. The maximum absolute atomic E-state index is 12.4. The van der Waals surface area contributed by atoms with Gasteiger partial charge in [-0.2, -0.15) is 0 Å². The number of aromatic amines is 1. The third kappa shape index (κ3) is 3.83. The molecule has 0 saturated carbocycles. The van der Waals surface area contributed by atoms with Crippen molar-refractivity contribution in [2.24, 2.45) is 0 Å². The van der Waals surface area contributed by atoms with E-state index in [2.05, 4.69) is 4.98 Å². The number of thiophene rings is 1. The Kier molecular flexibility index (Phi) is 5.06. The molecular formula is C17H16ClN3O3S. The van der Waals surface area contributed by atoms with Crippen LogP contribution in [0.3, 0.4) is 0 Å². The van der Waals surface area contributed by atoms with E-state index >= 15 is 0 Å². The van der Waals surface area contributed by atoms with Gasteiger partial charge in [-0.15, -0.1) is 11.3 Å². The lowest BCUT2D eigenvalue weighted by Crippen LogP contribution is -2.33. The first-order valence-corrected chi connectivity index (χ1v) is 8.85. The number of nitrogens with zero attached hydrogens (tertiary/aromatic N) is 2. The lowest BCUT2D eigenvalue weighted by molar-refractivity contribution is -0.130. The highest BCUT2D eigenvalue weighted by atomic mass is 35.5. The first kappa shape index (κ1) is 17.4. The summed E-state index contributed by atoms with van der Waals surface area (Å²) in [5, 5.41) is 0.427. The lowest BCUT2D eigenvalue weighted by Gasteiger charge is -2.17. The molecule has 130 valence electrons. The van der Waals surface area contributed by atoms with E-state index < -0.39 is 11.2 Å². The molecule has 1 N–H and O–H groups in total. The highest BCUT2D eigenvalue weighted by Gasteiger charge is 2.13. The second kappa shape index (κ2) is 7.25. The fraction of sp³-hybridized carbons (Fsp3) is 0.235. The smallest absolute Gasteiger partial charge is 0.328 e. The molecule has 0 aliphatic heterocycles. The largest absolute Gasteiger partial charge is 0.341 e. The van der Waals surface area contributed by atoms with E-state index in [0.717, 1.165) is 4.88 Å². The topological polar surface area (TPSA) is 75.2 Å². The van der Waals surface area contributed by atoms with Gasteiger partial charge in [0.2, 0.25) is 5.91 Å². The van der Waals surface area contributed by atoms with E-state index in [0.29, 0.717) is 21.8 Å². The first-order chi connectivity index (χ1) is 12.0. The zero-order valence-electron chi connectivity index (χ0n) is 13.5. The Balaban J connectivity index is 1.75. The quantitative estimate of drug-likeness (QED) is 0.742. The summed E-state index contributed by atoms with van der Waals surface area (Å²) < 4.78 is 2.10. The van der Waals surface area contributed by atoms with Gasteiger partial charge in [-0.25, -0.2) is 4.79 Å². The summed E-state index contributed by atoms with van der Waals surface area (Å²) in [4.78, 5) is 41.2. The molecule has 0 atom stereocenters. The van der Waals surface area contributed by atoms with Crippen molar-refractivity contribution in [3.63, 3.8) is 0 Å². The molecule has 1 amide bonds. The minimum absolute atomic E-state index is 0.0910. The van der Waals surface area contributed by atoms with Crippen molar-refractivity contribution in [2.75, 3.05) is 7.05 Å². The molecule has 2 aromatic heterocycles. The summed E-state index contributed by atoms with van der Waals surface area (Å²) in [5.74, 6) is -0.0910. The van der Waals surface area contributed by atoms with Gasteiger partial charge in [-0.05, 0) is 24.3 Å². The molecule has 8 heteroatoms. The van der Waals surface area contributed by atoms with Gasteiger partial charge >= 0.3 is 5.69 Å². The van der Waals surface area contributed by atoms with Crippen LogP contribution in [0.15, 0.2) is 46.0 Å². The number of amides is 1. The molecule has 0 saturated heterocycles. The summed E-state index contributed by atoms with van der Waals surface area (Å²) in [5.41, 5.74) is -0.407. The molecule has 0 radical (unpaired) electrons. The number of hydrogen-bond donors (Lipinski definition) is 1. The molecule has 0 spiro atoms. The molecule has 0 fully saturated rings. The highest BCUT2D eigenvalue weighted by molar-refractivity contribution is 7.16. The van der Waals surface area contributed by atoms with Crippen LogP contribution in [0.1, 0.15) is 11.3 Å². The maximum Gasteiger partial charge on any atom is 0.328 e. The molecule has 0 aliphatic rings. The second-order valence-corrected chi connectivity index (χ2v) is 7.43. The fourth-order valence-corrected chi connectivity index (χ4v) is 3.76. The van der Waals surface area contributed by atoms with E-state index in [4.69, 9.17) is 11.6 Å². The van der Waals surface area contributed by atoms with Crippen LogP contribution in [0.5, 0.6) is 0 Å². The number of aromatic nitrogens is 2. The Hall–Kier alpha value is -2.38. The van der Waals surface area contributed by atoms with Crippen molar-refractivity contribution in [3.8, 4) is 0 Å². The summed E-state index contributed by atoms with van der Waals surface area (Å²) >= 11 is 7.33. The maximum atomic E-state index is 12.4. The summed E-state index contributed by atoms with van der Waals surface area (Å²) in [6.45, 7) is 0.669. The SMILES string of the molecule is CN(Cc1ccc(Cl)s1)C(=O)CCn1c(=O)[nH]c(=O)c2ccccc21. The van der Waals surface area contributed by atoms with Gasteiger partial charge < -0.3 is 4.90 Å². The van der Waals surface area contributed by atoms with Gasteiger partial charge in [0.15, 0.2) is 0 Å². The van der Waals surface area contributed by atoms with Gasteiger partial charge in [0.25, 0.3) is 5.56 Å². The molecule has 2 heterocycles. The van der Waals surface area contributed by atoms with Gasteiger partial charge in [-0.3, -0.25) is 19.1 Å². The average Bonchev–Trinajstić information content (AvgIpc) is 2.99. The number of benzene rings is 1. The first-order valence-electron chi connectivity index (χ1n) is 7.66. The normalized spacial score (nSPS) is 11.0. The van der Waals surface area contributed by atoms with Crippen LogP contribution in [0, 0.1) is 0 Å². The highest BCUT2D eigenvalue weighted by Crippen LogP contribution is 2.22. The van der Waals surface area contributed by atoms with E-state index in [1.165, 1.54) is 15.9 Å². The van der Waals surface area contributed by atoms with E-state index in [1.54, 1.807) is 42.3 Å². The molecular weight excluding hydrogens is 362 g/mol. The average molecular weight is 378 g/mol. The van der Waals surface area contributed by atoms with E-state index in [9.17, 15) is 14.4 Å². The summed E-state index contributed by atoms with van der Waals surface area (Å²) in [7, 11) is 1.71. The van der Waals surface area contributed by atoms with Crippen molar-refractivity contribution in [1.82, 2.24) is 14.5 Å². The number of para-hydroxylation sites is 1. The molecule has 3 rings (SSSR count). The Morgan fingerprint density at radius 2 is 2.00 bits per heavy atom. The van der Waals surface area contributed by atoms with Crippen LogP contribution >= 0.6 is 22.9 Å². The van der Waals surface area contributed by atoms with Crippen LogP contribution in [-0.2, 0) is 17.9 Å². The third-order valence-corrected chi connectivity index (χ3v) is 5.12. The van der Waals surface area contributed by atoms with Crippen LogP contribution in [-0.4, -0.2) is 27.4 Å². The Morgan fingerprint density at radius 3 is 2.72 bits per heavy atom. The van der Waals surface area contributed by atoms with Crippen molar-refractivity contribution in [3.05, 3.63) is 66.4 Å². The number of H-pyrrole nitrogens is 1. The predicted molar refractivity (Wildman–Crippen MR) is 99.2 cm³/mol. The predicted octanol–water partition coefficient (Wildman–Crippen LogP) is 2.45. The van der Waals surface area contributed by atoms with Crippen LogP contribution in [0.4, 0.5) is 0 Å². The van der Waals surface area contributed by atoms with Crippen molar-refractivity contribution in [1.29, 1.82) is 0 Å². The third-order valence-electron chi connectivity index (χ3n) is 3.90. The number of halogens is 1. The number of rotatable bonds is 5. The van der Waals surface area contributed by atoms with Gasteiger partial charge in [0.1, 0.15) is 0 Å².